The number of hydrogen-bond acceptors (Lipinski definition) is 3. The number of imidazole rings is 1. The predicted octanol–water partition coefficient (Wildman–Crippen LogP) is 4.68. The predicted molar refractivity (Wildman–Crippen MR) is 139 cm³/mol. The molecule has 2 atom stereocenters. The molecule has 2 unspecified atom stereocenters. The number of likely N-dealkylation sites (N-methyl/N-ethyl adjacent to an activating group) is 1. The zero-order valence-corrected chi connectivity index (χ0v) is 20.8. The number of aromatic nitrogens is 2. The summed E-state index contributed by atoms with van der Waals surface area (Å²) in [6.07, 6.45) is 15.8. The van der Waals surface area contributed by atoms with Crippen molar-refractivity contribution >= 4 is 16.9 Å². The van der Waals surface area contributed by atoms with Crippen LogP contribution < -0.4 is 11.0 Å². The van der Waals surface area contributed by atoms with Crippen LogP contribution in [-0.2, 0) is 11.3 Å². The van der Waals surface area contributed by atoms with Gasteiger partial charge < -0.3 is 10.2 Å². The van der Waals surface area contributed by atoms with Gasteiger partial charge in [-0.2, -0.15) is 0 Å². The molecule has 1 N–H and O–H groups in total. The smallest absolute Gasteiger partial charge is 0.329 e. The SMILES string of the molecule is CNC(=O)Cn1c(=O)n(C2CCCN(C3=CC4=CCCCC5CCCC(=C45)C3)C2)c2ccccc21. The van der Waals surface area contributed by atoms with Crippen molar-refractivity contribution in [1.82, 2.24) is 19.4 Å². The quantitative estimate of drug-likeness (QED) is 0.703. The van der Waals surface area contributed by atoms with E-state index in [-0.39, 0.29) is 24.2 Å². The molecule has 6 rings (SSSR count). The number of likely N-dealkylation sites (tertiary alicyclic amines) is 1. The van der Waals surface area contributed by atoms with Crippen LogP contribution >= 0.6 is 0 Å². The molecule has 0 spiro atoms. The summed E-state index contributed by atoms with van der Waals surface area (Å²) in [4.78, 5) is 28.3. The van der Waals surface area contributed by atoms with E-state index in [2.05, 4.69) is 22.4 Å². The minimum atomic E-state index is -0.154. The summed E-state index contributed by atoms with van der Waals surface area (Å²) in [5.74, 6) is 0.614. The first kappa shape index (κ1) is 22.4. The highest BCUT2D eigenvalue weighted by Crippen LogP contribution is 2.46. The topological polar surface area (TPSA) is 59.3 Å². The highest BCUT2D eigenvalue weighted by molar-refractivity contribution is 5.80. The van der Waals surface area contributed by atoms with Gasteiger partial charge in [-0.3, -0.25) is 13.9 Å². The normalized spacial score (nSPS) is 24.5. The zero-order chi connectivity index (χ0) is 23.9. The molecule has 3 aliphatic carbocycles. The van der Waals surface area contributed by atoms with Crippen molar-refractivity contribution in [2.75, 3.05) is 20.1 Å². The Bertz CT molecular complexity index is 1310. The average molecular weight is 473 g/mol. The Hall–Kier alpha value is -3.02. The van der Waals surface area contributed by atoms with Gasteiger partial charge in [-0.25, -0.2) is 4.79 Å². The maximum atomic E-state index is 13.6. The second kappa shape index (κ2) is 9.21. The molecule has 1 amide bonds. The number of para-hydroxylation sites is 2. The van der Waals surface area contributed by atoms with Crippen molar-refractivity contribution in [3.05, 3.63) is 69.3 Å². The number of benzene rings is 1. The van der Waals surface area contributed by atoms with Gasteiger partial charge in [0.1, 0.15) is 6.54 Å². The third-order valence-corrected chi connectivity index (χ3v) is 8.59. The lowest BCUT2D eigenvalue weighted by Gasteiger charge is -2.40. The summed E-state index contributed by atoms with van der Waals surface area (Å²) in [6.45, 7) is 1.95. The molecule has 6 heteroatoms. The first-order chi connectivity index (χ1) is 17.1. The summed E-state index contributed by atoms with van der Waals surface area (Å²) in [5, 5.41) is 2.66. The molecule has 1 aromatic carbocycles. The molecular formula is C29H36N4O2. The Balaban J connectivity index is 1.32. The number of amides is 1. The molecule has 184 valence electrons. The van der Waals surface area contributed by atoms with Crippen molar-refractivity contribution in [3.63, 3.8) is 0 Å². The Morgan fingerprint density at radius 1 is 1.09 bits per heavy atom. The summed E-state index contributed by atoms with van der Waals surface area (Å²) >= 11 is 0. The van der Waals surface area contributed by atoms with Gasteiger partial charge in [-0.1, -0.05) is 23.8 Å². The van der Waals surface area contributed by atoms with E-state index in [1.165, 1.54) is 49.8 Å². The first-order valence-corrected chi connectivity index (χ1v) is 13.4. The van der Waals surface area contributed by atoms with Gasteiger partial charge in [0.15, 0.2) is 0 Å². The molecule has 1 aromatic heterocycles. The molecule has 1 saturated heterocycles. The number of carbonyl (C=O) groups excluding carboxylic acids is 1. The number of allylic oxidation sites excluding steroid dienone is 5. The molecule has 2 aromatic rings. The molecule has 0 bridgehead atoms. The first-order valence-electron chi connectivity index (χ1n) is 13.4. The lowest BCUT2D eigenvalue weighted by atomic mass is 9.74. The van der Waals surface area contributed by atoms with Crippen molar-refractivity contribution in [2.24, 2.45) is 5.92 Å². The fourth-order valence-electron chi connectivity index (χ4n) is 6.95. The molecule has 0 radical (unpaired) electrons. The number of carbonyl (C=O) groups is 1. The number of nitrogens with zero attached hydrogens (tertiary/aromatic N) is 3. The van der Waals surface area contributed by atoms with Gasteiger partial charge in [-0.15, -0.1) is 0 Å². The average Bonchev–Trinajstić information content (AvgIpc) is 3.02. The number of fused-ring (bicyclic) bond motifs is 1. The van der Waals surface area contributed by atoms with E-state index in [0.717, 1.165) is 49.3 Å². The third-order valence-electron chi connectivity index (χ3n) is 8.59. The number of nitrogens with one attached hydrogen (secondary N) is 1. The van der Waals surface area contributed by atoms with Crippen molar-refractivity contribution in [2.45, 2.75) is 70.4 Å². The number of piperidine rings is 1. The van der Waals surface area contributed by atoms with Crippen LogP contribution in [0.15, 0.2) is 63.6 Å². The Morgan fingerprint density at radius 3 is 2.77 bits per heavy atom. The Kier molecular flexibility index (Phi) is 5.91. The van der Waals surface area contributed by atoms with Crippen molar-refractivity contribution in [1.29, 1.82) is 0 Å². The molecular weight excluding hydrogens is 436 g/mol. The van der Waals surface area contributed by atoms with Crippen molar-refractivity contribution < 1.29 is 4.79 Å². The van der Waals surface area contributed by atoms with Gasteiger partial charge in [0.25, 0.3) is 0 Å². The third kappa shape index (κ3) is 3.97. The number of rotatable bonds is 4. The van der Waals surface area contributed by atoms with E-state index >= 15 is 0 Å². The zero-order valence-electron chi connectivity index (χ0n) is 20.8. The van der Waals surface area contributed by atoms with Crippen LogP contribution in [0.25, 0.3) is 11.0 Å². The lowest BCUT2D eigenvalue weighted by Crippen LogP contribution is -2.40. The second-order valence-electron chi connectivity index (χ2n) is 10.7. The molecule has 6 nitrogen and oxygen atoms in total. The van der Waals surface area contributed by atoms with Gasteiger partial charge in [0.05, 0.1) is 17.1 Å². The number of hydrogen-bond donors (Lipinski definition) is 1. The van der Waals surface area contributed by atoms with E-state index < -0.39 is 0 Å². The highest BCUT2D eigenvalue weighted by Gasteiger charge is 2.33. The van der Waals surface area contributed by atoms with Crippen molar-refractivity contribution in [3.8, 4) is 0 Å². The second-order valence-corrected chi connectivity index (χ2v) is 10.7. The maximum absolute atomic E-state index is 13.6. The Morgan fingerprint density at radius 2 is 1.91 bits per heavy atom. The minimum absolute atomic E-state index is 0.0523. The molecule has 2 heterocycles. The Labute approximate surface area is 207 Å². The molecule has 0 saturated carbocycles. The molecule has 1 fully saturated rings. The van der Waals surface area contributed by atoms with Crippen LogP contribution in [0.3, 0.4) is 0 Å². The van der Waals surface area contributed by atoms with E-state index in [1.54, 1.807) is 22.8 Å². The molecule has 35 heavy (non-hydrogen) atoms. The van der Waals surface area contributed by atoms with Crippen LogP contribution in [0.4, 0.5) is 0 Å². The van der Waals surface area contributed by atoms with Gasteiger partial charge >= 0.3 is 5.69 Å². The van der Waals surface area contributed by atoms with Crippen LogP contribution in [0.1, 0.15) is 63.8 Å². The highest BCUT2D eigenvalue weighted by atomic mass is 16.2. The standard InChI is InChI=1S/C29H36N4O2/c1-30-27(34)19-32-25-13-4-5-14-26(25)33(29(32)35)23-12-7-15-31(18-23)24-16-21-9-3-2-8-20-10-6-11-22(17-24)28(20)21/h4-5,9,13-14,16,20,23H,2-3,6-8,10-12,15,17-19H2,1H3,(H,30,34). The summed E-state index contributed by atoms with van der Waals surface area (Å²) in [7, 11) is 1.61. The van der Waals surface area contributed by atoms with Crippen LogP contribution in [0, 0.1) is 5.92 Å². The summed E-state index contributed by atoms with van der Waals surface area (Å²) < 4.78 is 3.59. The molecule has 4 aliphatic rings. The van der Waals surface area contributed by atoms with Gasteiger partial charge in [-0.05, 0) is 86.6 Å². The monoisotopic (exact) mass is 472 g/mol. The van der Waals surface area contributed by atoms with Gasteiger partial charge in [0.2, 0.25) is 5.91 Å². The van der Waals surface area contributed by atoms with Gasteiger partial charge in [0, 0.05) is 32.3 Å². The summed E-state index contributed by atoms with van der Waals surface area (Å²) in [6, 6.07) is 8.00. The fraction of sp³-hybridized carbons (Fsp3) is 0.517. The fourth-order valence-corrected chi connectivity index (χ4v) is 6.95. The largest absolute Gasteiger partial charge is 0.372 e. The van der Waals surface area contributed by atoms with E-state index in [0.29, 0.717) is 0 Å². The summed E-state index contributed by atoms with van der Waals surface area (Å²) in [5.41, 5.74) is 7.97. The van der Waals surface area contributed by atoms with E-state index in [1.807, 2.05) is 28.8 Å². The molecule has 1 aliphatic heterocycles. The lowest BCUT2D eigenvalue weighted by molar-refractivity contribution is -0.121. The van der Waals surface area contributed by atoms with E-state index in [9.17, 15) is 9.59 Å². The van der Waals surface area contributed by atoms with Crippen LogP contribution in [-0.4, -0.2) is 40.1 Å². The van der Waals surface area contributed by atoms with Crippen LogP contribution in [0.2, 0.25) is 0 Å². The maximum Gasteiger partial charge on any atom is 0.329 e. The van der Waals surface area contributed by atoms with Crippen LogP contribution in [0.5, 0.6) is 0 Å². The minimum Gasteiger partial charge on any atom is -0.372 e. The van der Waals surface area contributed by atoms with E-state index in [4.69, 9.17) is 0 Å².